The molecule has 3 nitrogen and oxygen atoms in total. The van der Waals surface area contributed by atoms with Gasteiger partial charge >= 0.3 is 0 Å². The first kappa shape index (κ1) is 14.6. The van der Waals surface area contributed by atoms with Gasteiger partial charge in [0, 0.05) is 19.2 Å². The van der Waals surface area contributed by atoms with E-state index in [1.165, 1.54) is 11.8 Å². The Balaban J connectivity index is 3.03. The van der Waals surface area contributed by atoms with Crippen LogP contribution in [0.1, 0.15) is 27.7 Å². The topological polar surface area (TPSA) is 29.0 Å². The average Bonchev–Trinajstić information content (AvgIpc) is 2.24. The van der Waals surface area contributed by atoms with Gasteiger partial charge in [-0.15, -0.1) is 0 Å². The van der Waals surface area contributed by atoms with Gasteiger partial charge in [-0.05, 0) is 18.6 Å². The SMILES string of the molecule is CSc1nc(Cl)cc(N(C)C(C)C(C)(C)C)n1. The molecular formula is C12H20ClN3S. The molecule has 96 valence electrons. The Kier molecular flexibility index (Phi) is 4.67. The predicted octanol–water partition coefficient (Wildman–Crippen LogP) is 3.72. The van der Waals surface area contributed by atoms with Gasteiger partial charge in [0.1, 0.15) is 11.0 Å². The largest absolute Gasteiger partial charge is 0.356 e. The van der Waals surface area contributed by atoms with Crippen molar-refractivity contribution in [2.75, 3.05) is 18.2 Å². The van der Waals surface area contributed by atoms with E-state index in [0.717, 1.165) is 5.82 Å². The summed E-state index contributed by atoms with van der Waals surface area (Å²) in [7, 11) is 2.04. The Hall–Kier alpha value is -0.480. The summed E-state index contributed by atoms with van der Waals surface area (Å²) in [5.74, 6) is 0.872. The molecule has 1 aromatic rings. The van der Waals surface area contributed by atoms with Gasteiger partial charge in [0.25, 0.3) is 0 Å². The highest BCUT2D eigenvalue weighted by Gasteiger charge is 2.25. The van der Waals surface area contributed by atoms with E-state index < -0.39 is 0 Å². The highest BCUT2D eigenvalue weighted by molar-refractivity contribution is 7.98. The zero-order valence-electron chi connectivity index (χ0n) is 11.3. The summed E-state index contributed by atoms with van der Waals surface area (Å²) in [6.45, 7) is 8.83. The highest BCUT2D eigenvalue weighted by Crippen LogP contribution is 2.28. The molecule has 0 N–H and O–H groups in total. The van der Waals surface area contributed by atoms with E-state index in [2.05, 4.69) is 42.6 Å². The normalized spacial score (nSPS) is 13.6. The summed E-state index contributed by atoms with van der Waals surface area (Å²) in [4.78, 5) is 10.8. The number of halogens is 1. The Morgan fingerprint density at radius 2 is 1.94 bits per heavy atom. The fourth-order valence-corrected chi connectivity index (χ4v) is 2.04. The van der Waals surface area contributed by atoms with Gasteiger partial charge in [-0.3, -0.25) is 0 Å². The lowest BCUT2D eigenvalue weighted by molar-refractivity contribution is 0.328. The fraction of sp³-hybridized carbons (Fsp3) is 0.667. The van der Waals surface area contributed by atoms with Crippen LogP contribution in [0.15, 0.2) is 11.2 Å². The predicted molar refractivity (Wildman–Crippen MR) is 76.1 cm³/mol. The first-order valence-corrected chi connectivity index (χ1v) is 7.17. The molecule has 0 aliphatic carbocycles. The van der Waals surface area contributed by atoms with E-state index in [-0.39, 0.29) is 5.41 Å². The van der Waals surface area contributed by atoms with E-state index in [1.54, 1.807) is 0 Å². The van der Waals surface area contributed by atoms with Crippen LogP contribution in [0.4, 0.5) is 5.82 Å². The van der Waals surface area contributed by atoms with Crippen molar-refractivity contribution in [3.63, 3.8) is 0 Å². The number of hydrogen-bond donors (Lipinski definition) is 0. The van der Waals surface area contributed by atoms with Crippen molar-refractivity contribution in [1.29, 1.82) is 0 Å². The van der Waals surface area contributed by atoms with E-state index in [4.69, 9.17) is 11.6 Å². The molecule has 0 aliphatic heterocycles. The zero-order chi connectivity index (χ0) is 13.2. The monoisotopic (exact) mass is 273 g/mol. The molecule has 0 bridgehead atoms. The third kappa shape index (κ3) is 3.75. The van der Waals surface area contributed by atoms with Crippen molar-refractivity contribution in [3.8, 4) is 0 Å². The molecule has 1 atom stereocenters. The van der Waals surface area contributed by atoms with Gasteiger partial charge in [-0.1, -0.05) is 44.1 Å². The van der Waals surface area contributed by atoms with Crippen LogP contribution in [0.2, 0.25) is 5.15 Å². The van der Waals surface area contributed by atoms with Gasteiger partial charge in [0.15, 0.2) is 5.16 Å². The molecule has 1 aromatic heterocycles. The Morgan fingerprint density at radius 1 is 1.35 bits per heavy atom. The number of aromatic nitrogens is 2. The van der Waals surface area contributed by atoms with Crippen molar-refractivity contribution < 1.29 is 0 Å². The molecule has 0 amide bonds. The number of rotatable bonds is 3. The summed E-state index contributed by atoms with van der Waals surface area (Å²) >= 11 is 7.50. The Morgan fingerprint density at radius 3 is 2.41 bits per heavy atom. The lowest BCUT2D eigenvalue weighted by Gasteiger charge is -2.36. The van der Waals surface area contributed by atoms with Crippen LogP contribution in [0, 0.1) is 5.41 Å². The maximum atomic E-state index is 6.00. The van der Waals surface area contributed by atoms with Gasteiger partial charge in [-0.2, -0.15) is 0 Å². The number of hydrogen-bond acceptors (Lipinski definition) is 4. The standard InChI is InChI=1S/C12H20ClN3S/c1-8(12(2,3)4)16(5)10-7-9(13)14-11(15-10)17-6/h7-8H,1-6H3. The second-order valence-corrected chi connectivity index (χ2v) is 6.35. The minimum absolute atomic E-state index is 0.186. The van der Waals surface area contributed by atoms with E-state index >= 15 is 0 Å². The minimum atomic E-state index is 0.186. The summed E-state index contributed by atoms with van der Waals surface area (Å²) < 4.78 is 0. The molecule has 0 radical (unpaired) electrons. The number of anilines is 1. The molecule has 0 aromatic carbocycles. The third-order valence-electron chi connectivity index (χ3n) is 3.04. The van der Waals surface area contributed by atoms with Gasteiger partial charge in [-0.25, -0.2) is 9.97 Å². The second kappa shape index (κ2) is 5.44. The van der Waals surface area contributed by atoms with Crippen LogP contribution in [0.5, 0.6) is 0 Å². The molecule has 0 spiro atoms. The van der Waals surface area contributed by atoms with Crippen LogP contribution in [-0.4, -0.2) is 29.3 Å². The lowest BCUT2D eigenvalue weighted by atomic mass is 9.87. The van der Waals surface area contributed by atoms with Crippen LogP contribution in [-0.2, 0) is 0 Å². The molecule has 17 heavy (non-hydrogen) atoms. The number of nitrogens with zero attached hydrogens (tertiary/aromatic N) is 3. The van der Waals surface area contributed by atoms with Gasteiger partial charge in [0.05, 0.1) is 0 Å². The summed E-state index contributed by atoms with van der Waals surface area (Å²) in [6, 6.07) is 2.17. The van der Waals surface area contributed by atoms with Crippen molar-refractivity contribution in [1.82, 2.24) is 9.97 Å². The maximum Gasteiger partial charge on any atom is 0.190 e. The van der Waals surface area contributed by atoms with Crippen molar-refractivity contribution in [2.45, 2.75) is 38.9 Å². The second-order valence-electron chi connectivity index (χ2n) is 5.19. The minimum Gasteiger partial charge on any atom is -0.356 e. The molecule has 5 heteroatoms. The molecule has 0 fully saturated rings. The van der Waals surface area contributed by atoms with E-state index in [9.17, 15) is 0 Å². The molecule has 1 rings (SSSR count). The molecule has 0 saturated carbocycles. The van der Waals surface area contributed by atoms with Crippen molar-refractivity contribution in [2.24, 2.45) is 5.41 Å². The third-order valence-corrected chi connectivity index (χ3v) is 3.78. The smallest absolute Gasteiger partial charge is 0.190 e. The Bertz CT molecular complexity index is 390. The first-order chi connectivity index (χ1) is 7.75. The van der Waals surface area contributed by atoms with E-state index in [1.807, 2.05) is 19.4 Å². The maximum absolute atomic E-state index is 6.00. The summed E-state index contributed by atoms with van der Waals surface area (Å²) in [5, 5.41) is 1.20. The molecule has 1 heterocycles. The average molecular weight is 274 g/mol. The van der Waals surface area contributed by atoms with Crippen LogP contribution < -0.4 is 4.90 Å². The zero-order valence-corrected chi connectivity index (χ0v) is 12.9. The summed E-state index contributed by atoms with van der Waals surface area (Å²) in [5.41, 5.74) is 0.186. The first-order valence-electron chi connectivity index (χ1n) is 5.57. The highest BCUT2D eigenvalue weighted by atomic mass is 35.5. The lowest BCUT2D eigenvalue weighted by Crippen LogP contribution is -2.39. The van der Waals surface area contributed by atoms with Crippen LogP contribution >= 0.6 is 23.4 Å². The Labute approximate surface area is 113 Å². The number of thioether (sulfide) groups is 1. The van der Waals surface area contributed by atoms with Gasteiger partial charge < -0.3 is 4.90 Å². The molecule has 1 unspecified atom stereocenters. The summed E-state index contributed by atoms with van der Waals surface area (Å²) in [6.07, 6.45) is 1.95. The quantitative estimate of drug-likeness (QED) is 0.477. The van der Waals surface area contributed by atoms with Crippen LogP contribution in [0.3, 0.4) is 0 Å². The molecule has 0 saturated heterocycles. The molecule has 0 aliphatic rings. The molecular weight excluding hydrogens is 254 g/mol. The van der Waals surface area contributed by atoms with Crippen molar-refractivity contribution in [3.05, 3.63) is 11.2 Å². The van der Waals surface area contributed by atoms with Crippen LogP contribution in [0.25, 0.3) is 0 Å². The van der Waals surface area contributed by atoms with E-state index in [0.29, 0.717) is 16.4 Å². The fourth-order valence-electron chi connectivity index (χ4n) is 1.44. The van der Waals surface area contributed by atoms with Gasteiger partial charge in [0.2, 0.25) is 0 Å². The van der Waals surface area contributed by atoms with Crippen molar-refractivity contribution >= 4 is 29.2 Å².